The number of fused-ring (bicyclic) bond motifs is 1. The number of carbonyl (C=O) groups excluding carboxylic acids is 1. The fourth-order valence-corrected chi connectivity index (χ4v) is 3.34. The fraction of sp³-hybridized carbons (Fsp3) is 0.0833. The Balaban J connectivity index is 1.76. The van der Waals surface area contributed by atoms with Gasteiger partial charge in [0.15, 0.2) is 0 Å². The third kappa shape index (κ3) is 3.63. The minimum atomic E-state index is -0.163. The van der Waals surface area contributed by atoms with Crippen LogP contribution in [0.3, 0.4) is 0 Å². The third-order valence-electron chi connectivity index (χ3n) is 4.80. The van der Waals surface area contributed by atoms with Gasteiger partial charge in [0.25, 0.3) is 5.91 Å². The van der Waals surface area contributed by atoms with Gasteiger partial charge >= 0.3 is 0 Å². The molecule has 3 aromatic carbocycles. The van der Waals surface area contributed by atoms with E-state index in [1.807, 2.05) is 37.3 Å². The lowest BCUT2D eigenvalue weighted by Crippen LogP contribution is -2.13. The van der Waals surface area contributed by atoms with Crippen molar-refractivity contribution in [3.05, 3.63) is 96.3 Å². The number of anilines is 1. The molecule has 0 spiro atoms. The highest BCUT2D eigenvalue weighted by Crippen LogP contribution is 2.31. The van der Waals surface area contributed by atoms with Crippen LogP contribution >= 0.6 is 0 Å². The van der Waals surface area contributed by atoms with Crippen LogP contribution in [0.15, 0.2) is 85.2 Å². The van der Waals surface area contributed by atoms with Crippen molar-refractivity contribution in [1.82, 2.24) is 4.98 Å². The van der Waals surface area contributed by atoms with E-state index in [9.17, 15) is 4.79 Å². The quantitative estimate of drug-likeness (QED) is 0.523. The maximum absolute atomic E-state index is 12.7. The number of nitrogens with two attached hydrogens (primary N) is 1. The van der Waals surface area contributed by atoms with Crippen LogP contribution in [0.4, 0.5) is 5.69 Å². The van der Waals surface area contributed by atoms with Crippen LogP contribution in [-0.2, 0) is 0 Å². The zero-order valence-corrected chi connectivity index (χ0v) is 15.6. The van der Waals surface area contributed by atoms with E-state index in [2.05, 4.69) is 40.6 Å². The standard InChI is InChI=1S/C24H21N3O/c1-16(25)22-9-8-20(24(28)27-21-10-12-26-13-11-21)15-23(22)19-7-6-17-4-2-3-5-18(17)14-19/h2-16H,25H2,1H3,(H,26,27,28). The molecule has 138 valence electrons. The molecule has 0 saturated heterocycles. The van der Waals surface area contributed by atoms with E-state index in [1.54, 1.807) is 24.5 Å². The molecule has 3 N–H and O–H groups in total. The van der Waals surface area contributed by atoms with Crippen molar-refractivity contribution in [2.75, 3.05) is 5.32 Å². The number of hydrogen-bond acceptors (Lipinski definition) is 3. The number of aromatic nitrogens is 1. The number of rotatable bonds is 4. The van der Waals surface area contributed by atoms with Crippen molar-refractivity contribution >= 4 is 22.4 Å². The van der Waals surface area contributed by atoms with Crippen LogP contribution in [0.5, 0.6) is 0 Å². The second-order valence-corrected chi connectivity index (χ2v) is 6.84. The van der Waals surface area contributed by atoms with E-state index in [0.29, 0.717) is 11.3 Å². The molecule has 0 bridgehead atoms. The molecule has 1 unspecified atom stereocenters. The van der Waals surface area contributed by atoms with E-state index in [0.717, 1.165) is 22.1 Å². The van der Waals surface area contributed by atoms with Crippen molar-refractivity contribution in [1.29, 1.82) is 0 Å². The minimum Gasteiger partial charge on any atom is -0.324 e. The van der Waals surface area contributed by atoms with Crippen LogP contribution < -0.4 is 11.1 Å². The topological polar surface area (TPSA) is 68.0 Å². The molecule has 4 heteroatoms. The Morgan fingerprint density at radius 3 is 2.43 bits per heavy atom. The summed E-state index contributed by atoms with van der Waals surface area (Å²) in [5.41, 5.74) is 10.5. The number of amides is 1. The average Bonchev–Trinajstić information content (AvgIpc) is 2.73. The van der Waals surface area contributed by atoms with Gasteiger partial charge in [0.1, 0.15) is 0 Å². The smallest absolute Gasteiger partial charge is 0.255 e. The van der Waals surface area contributed by atoms with Gasteiger partial charge < -0.3 is 11.1 Å². The molecule has 0 aliphatic carbocycles. The first kappa shape index (κ1) is 17.9. The minimum absolute atomic E-state index is 0.140. The Kier molecular flexibility index (Phi) is 4.87. The molecule has 4 nitrogen and oxygen atoms in total. The highest BCUT2D eigenvalue weighted by atomic mass is 16.1. The van der Waals surface area contributed by atoms with Gasteiger partial charge in [-0.2, -0.15) is 0 Å². The van der Waals surface area contributed by atoms with Crippen molar-refractivity contribution in [3.8, 4) is 11.1 Å². The number of nitrogens with one attached hydrogen (secondary N) is 1. The molecule has 0 radical (unpaired) electrons. The second kappa shape index (κ2) is 7.62. The zero-order chi connectivity index (χ0) is 19.5. The van der Waals surface area contributed by atoms with E-state index in [-0.39, 0.29) is 11.9 Å². The van der Waals surface area contributed by atoms with Crippen LogP contribution in [0.1, 0.15) is 28.9 Å². The first-order valence-electron chi connectivity index (χ1n) is 9.22. The number of nitrogens with zero attached hydrogens (tertiary/aromatic N) is 1. The molecule has 4 aromatic rings. The summed E-state index contributed by atoms with van der Waals surface area (Å²) in [6.07, 6.45) is 3.30. The van der Waals surface area contributed by atoms with Gasteiger partial charge in [0.2, 0.25) is 0 Å². The van der Waals surface area contributed by atoms with Gasteiger partial charge in [-0.05, 0) is 64.7 Å². The molecule has 4 rings (SSSR count). The maximum Gasteiger partial charge on any atom is 0.255 e. The molecular formula is C24H21N3O. The summed E-state index contributed by atoms with van der Waals surface area (Å²) in [6.45, 7) is 1.95. The number of carbonyl (C=O) groups is 1. The molecule has 0 aliphatic heterocycles. The van der Waals surface area contributed by atoms with Gasteiger partial charge in [-0.1, -0.05) is 42.5 Å². The first-order chi connectivity index (χ1) is 13.6. The lowest BCUT2D eigenvalue weighted by Gasteiger charge is -2.15. The lowest BCUT2D eigenvalue weighted by atomic mass is 9.92. The van der Waals surface area contributed by atoms with Gasteiger partial charge in [-0.3, -0.25) is 9.78 Å². The zero-order valence-electron chi connectivity index (χ0n) is 15.6. The molecule has 1 aromatic heterocycles. The Morgan fingerprint density at radius 1 is 0.929 bits per heavy atom. The van der Waals surface area contributed by atoms with E-state index in [1.165, 1.54) is 5.39 Å². The molecule has 1 heterocycles. The van der Waals surface area contributed by atoms with E-state index >= 15 is 0 Å². The lowest BCUT2D eigenvalue weighted by molar-refractivity contribution is 0.102. The van der Waals surface area contributed by atoms with Crippen molar-refractivity contribution in [2.45, 2.75) is 13.0 Å². The first-order valence-corrected chi connectivity index (χ1v) is 9.22. The number of benzene rings is 3. The van der Waals surface area contributed by atoms with Gasteiger partial charge in [-0.25, -0.2) is 0 Å². The number of hydrogen-bond donors (Lipinski definition) is 2. The fourth-order valence-electron chi connectivity index (χ4n) is 3.34. The van der Waals surface area contributed by atoms with Crippen molar-refractivity contribution < 1.29 is 4.79 Å². The van der Waals surface area contributed by atoms with Crippen molar-refractivity contribution in [2.24, 2.45) is 5.73 Å². The predicted molar refractivity (Wildman–Crippen MR) is 114 cm³/mol. The normalized spacial score (nSPS) is 11.9. The summed E-state index contributed by atoms with van der Waals surface area (Å²) in [4.78, 5) is 16.7. The van der Waals surface area contributed by atoms with Crippen LogP contribution in [0.25, 0.3) is 21.9 Å². The van der Waals surface area contributed by atoms with Gasteiger partial charge in [0, 0.05) is 29.7 Å². The average molecular weight is 367 g/mol. The molecule has 0 aliphatic rings. The van der Waals surface area contributed by atoms with Gasteiger partial charge in [0.05, 0.1) is 0 Å². The molecule has 0 saturated carbocycles. The summed E-state index contributed by atoms with van der Waals surface area (Å²) in [5, 5.41) is 5.24. The van der Waals surface area contributed by atoms with Crippen LogP contribution in [0, 0.1) is 0 Å². The Morgan fingerprint density at radius 2 is 1.68 bits per heavy atom. The summed E-state index contributed by atoms with van der Waals surface area (Å²) >= 11 is 0. The molecular weight excluding hydrogens is 346 g/mol. The molecule has 28 heavy (non-hydrogen) atoms. The summed E-state index contributed by atoms with van der Waals surface area (Å²) in [7, 11) is 0. The largest absolute Gasteiger partial charge is 0.324 e. The molecule has 1 amide bonds. The second-order valence-electron chi connectivity index (χ2n) is 6.84. The monoisotopic (exact) mass is 367 g/mol. The van der Waals surface area contributed by atoms with E-state index < -0.39 is 0 Å². The summed E-state index contributed by atoms with van der Waals surface area (Å²) in [5.74, 6) is -0.163. The highest BCUT2D eigenvalue weighted by molar-refractivity contribution is 6.05. The molecule has 0 fully saturated rings. The Hall–Kier alpha value is -3.50. The maximum atomic E-state index is 12.7. The SMILES string of the molecule is CC(N)c1ccc(C(=O)Nc2ccncc2)cc1-c1ccc2ccccc2c1. The Labute approximate surface area is 164 Å². The van der Waals surface area contributed by atoms with Crippen LogP contribution in [0.2, 0.25) is 0 Å². The summed E-state index contributed by atoms with van der Waals surface area (Å²) < 4.78 is 0. The van der Waals surface area contributed by atoms with E-state index in [4.69, 9.17) is 5.73 Å². The van der Waals surface area contributed by atoms with Gasteiger partial charge in [-0.15, -0.1) is 0 Å². The number of pyridine rings is 1. The summed E-state index contributed by atoms with van der Waals surface area (Å²) in [6, 6.07) is 23.6. The Bertz CT molecular complexity index is 1140. The predicted octanol–water partition coefficient (Wildman–Crippen LogP) is 5.17. The van der Waals surface area contributed by atoms with Crippen LogP contribution in [-0.4, -0.2) is 10.9 Å². The highest BCUT2D eigenvalue weighted by Gasteiger charge is 2.14. The van der Waals surface area contributed by atoms with Crippen molar-refractivity contribution in [3.63, 3.8) is 0 Å². The third-order valence-corrected chi connectivity index (χ3v) is 4.80. The molecule has 1 atom stereocenters.